The fourth-order valence-corrected chi connectivity index (χ4v) is 2.63. The van der Waals surface area contributed by atoms with Crippen LogP contribution in [0.3, 0.4) is 0 Å². The lowest BCUT2D eigenvalue weighted by Gasteiger charge is -2.12. The molecule has 3 rings (SSSR count). The number of fused-ring (bicyclic) bond motifs is 1. The molecule has 1 aliphatic heterocycles. The molecule has 2 heterocycles. The van der Waals surface area contributed by atoms with Gasteiger partial charge in [0.05, 0.1) is 0 Å². The molecule has 0 bridgehead atoms. The molecule has 1 aromatic carbocycles. The van der Waals surface area contributed by atoms with Crippen molar-refractivity contribution in [3.8, 4) is 0 Å². The molecule has 16 heavy (non-hydrogen) atoms. The van der Waals surface area contributed by atoms with E-state index in [0.29, 0.717) is 4.34 Å². The molecule has 0 unspecified atom stereocenters. The maximum atomic E-state index is 6.00. The number of rotatable bonds is 2. The summed E-state index contributed by atoms with van der Waals surface area (Å²) >= 11 is 7.25. The van der Waals surface area contributed by atoms with Gasteiger partial charge in [-0.3, -0.25) is 4.90 Å². The average molecular weight is 252 g/mol. The van der Waals surface area contributed by atoms with Gasteiger partial charge >= 0.3 is 0 Å². The van der Waals surface area contributed by atoms with Crippen LogP contribution >= 0.6 is 23.1 Å². The second kappa shape index (κ2) is 4.13. The predicted molar refractivity (Wildman–Crippen MR) is 64.3 cm³/mol. The largest absolute Gasteiger partial charge is 0.289 e. The molecule has 3 nitrogen and oxygen atoms in total. The highest BCUT2D eigenvalue weighted by Gasteiger charge is 2.20. The Morgan fingerprint density at radius 3 is 2.50 bits per heavy atom. The monoisotopic (exact) mass is 251 g/mol. The summed E-state index contributed by atoms with van der Waals surface area (Å²) < 4.78 is 4.55. The summed E-state index contributed by atoms with van der Waals surface area (Å²) in [6.07, 6.45) is 0. The van der Waals surface area contributed by atoms with Crippen LogP contribution in [0.2, 0.25) is 4.34 Å². The van der Waals surface area contributed by atoms with Crippen LogP contribution in [0.25, 0.3) is 0 Å². The Morgan fingerprint density at radius 2 is 1.94 bits per heavy atom. The molecule has 0 N–H and O–H groups in total. The van der Waals surface area contributed by atoms with E-state index in [1.165, 1.54) is 22.7 Å². The van der Waals surface area contributed by atoms with Crippen molar-refractivity contribution < 1.29 is 0 Å². The fourth-order valence-electron chi connectivity index (χ4n) is 2.02. The van der Waals surface area contributed by atoms with Gasteiger partial charge in [0.15, 0.2) is 0 Å². The highest BCUT2D eigenvalue weighted by Crippen LogP contribution is 2.26. The highest BCUT2D eigenvalue weighted by molar-refractivity contribution is 7.10. The van der Waals surface area contributed by atoms with E-state index in [2.05, 4.69) is 38.8 Å². The van der Waals surface area contributed by atoms with Crippen LogP contribution in [0.4, 0.5) is 0 Å². The Balaban J connectivity index is 1.75. The Morgan fingerprint density at radius 1 is 1.25 bits per heavy atom. The summed E-state index contributed by atoms with van der Waals surface area (Å²) in [7, 11) is 0. The van der Waals surface area contributed by atoms with Gasteiger partial charge in [-0.15, -0.1) is 5.10 Å². The van der Waals surface area contributed by atoms with Crippen molar-refractivity contribution in [2.75, 3.05) is 0 Å². The van der Waals surface area contributed by atoms with Crippen LogP contribution in [-0.4, -0.2) is 14.5 Å². The maximum Gasteiger partial charge on any atom is 0.138 e. The van der Waals surface area contributed by atoms with Gasteiger partial charge in [0.1, 0.15) is 10.0 Å². The Hall–Kier alpha value is -0.970. The second-order valence-electron chi connectivity index (χ2n) is 3.91. The number of halogens is 1. The van der Waals surface area contributed by atoms with Crippen molar-refractivity contribution in [3.05, 3.63) is 45.4 Å². The first-order chi connectivity index (χ1) is 7.83. The van der Waals surface area contributed by atoms with E-state index in [4.69, 9.17) is 11.6 Å². The van der Waals surface area contributed by atoms with Gasteiger partial charge in [-0.2, -0.15) is 0 Å². The second-order valence-corrected chi connectivity index (χ2v) is 5.26. The van der Waals surface area contributed by atoms with E-state index in [1.54, 1.807) is 0 Å². The van der Waals surface area contributed by atoms with Crippen LogP contribution in [0.1, 0.15) is 16.8 Å². The van der Waals surface area contributed by atoms with E-state index < -0.39 is 0 Å². The van der Waals surface area contributed by atoms with Crippen molar-refractivity contribution in [1.29, 1.82) is 0 Å². The zero-order chi connectivity index (χ0) is 11.0. The SMILES string of the molecule is Clc1snnc1CN1Cc2ccccc2C1. The molecule has 0 fully saturated rings. The third kappa shape index (κ3) is 1.84. The normalized spacial score (nSPS) is 15.3. The van der Waals surface area contributed by atoms with Gasteiger partial charge in [-0.05, 0) is 11.1 Å². The van der Waals surface area contributed by atoms with Crippen molar-refractivity contribution in [1.82, 2.24) is 14.5 Å². The maximum absolute atomic E-state index is 6.00. The quantitative estimate of drug-likeness (QED) is 0.822. The van der Waals surface area contributed by atoms with Gasteiger partial charge in [0.25, 0.3) is 0 Å². The molecule has 0 saturated carbocycles. The molecule has 0 spiro atoms. The van der Waals surface area contributed by atoms with Crippen molar-refractivity contribution >= 4 is 23.1 Å². The van der Waals surface area contributed by atoms with Crippen LogP contribution in [0, 0.1) is 0 Å². The minimum atomic E-state index is 0.705. The minimum Gasteiger partial charge on any atom is -0.289 e. The van der Waals surface area contributed by atoms with Crippen molar-refractivity contribution in [3.63, 3.8) is 0 Å². The summed E-state index contributed by atoms with van der Waals surface area (Å²) in [6.45, 7) is 2.73. The van der Waals surface area contributed by atoms with Gasteiger partial charge in [-0.25, -0.2) is 0 Å². The van der Waals surface area contributed by atoms with E-state index >= 15 is 0 Å². The number of aromatic nitrogens is 2. The van der Waals surface area contributed by atoms with Crippen LogP contribution < -0.4 is 0 Å². The lowest BCUT2D eigenvalue weighted by atomic mass is 10.1. The molecule has 5 heteroatoms. The minimum absolute atomic E-state index is 0.705. The van der Waals surface area contributed by atoms with E-state index in [1.807, 2.05) is 0 Å². The molecule has 0 amide bonds. The first-order valence-corrected chi connectivity index (χ1v) is 6.24. The smallest absolute Gasteiger partial charge is 0.138 e. The first kappa shape index (κ1) is 10.2. The summed E-state index contributed by atoms with van der Waals surface area (Å²) in [6, 6.07) is 8.52. The van der Waals surface area contributed by atoms with E-state index in [9.17, 15) is 0 Å². The first-order valence-electron chi connectivity index (χ1n) is 5.09. The molecule has 0 aliphatic carbocycles. The van der Waals surface area contributed by atoms with Crippen molar-refractivity contribution in [2.24, 2.45) is 0 Å². The fraction of sp³-hybridized carbons (Fsp3) is 0.273. The van der Waals surface area contributed by atoms with Gasteiger partial charge in [0.2, 0.25) is 0 Å². The molecule has 1 aliphatic rings. The number of hydrogen-bond donors (Lipinski definition) is 0. The van der Waals surface area contributed by atoms with Gasteiger partial charge in [-0.1, -0.05) is 40.4 Å². The van der Waals surface area contributed by atoms with E-state index in [0.717, 1.165) is 25.3 Å². The average Bonchev–Trinajstić information content (AvgIpc) is 2.85. The molecule has 0 atom stereocenters. The Bertz CT molecular complexity index is 486. The zero-order valence-electron chi connectivity index (χ0n) is 8.56. The lowest BCUT2D eigenvalue weighted by molar-refractivity contribution is 0.272. The number of benzene rings is 1. The molecule has 1 aromatic heterocycles. The molecule has 2 aromatic rings. The van der Waals surface area contributed by atoms with Crippen molar-refractivity contribution in [2.45, 2.75) is 19.6 Å². The highest BCUT2D eigenvalue weighted by atomic mass is 35.5. The summed E-state index contributed by atoms with van der Waals surface area (Å²) in [5.74, 6) is 0. The zero-order valence-corrected chi connectivity index (χ0v) is 10.1. The topological polar surface area (TPSA) is 29.0 Å². The molecule has 82 valence electrons. The molecular formula is C11H10ClN3S. The summed E-state index contributed by atoms with van der Waals surface area (Å²) in [5.41, 5.74) is 3.70. The van der Waals surface area contributed by atoms with E-state index in [-0.39, 0.29) is 0 Å². The molecular weight excluding hydrogens is 242 g/mol. The standard InChI is InChI=1S/C11H10ClN3S/c12-11-10(13-14-16-11)7-15-5-8-3-1-2-4-9(8)6-15/h1-4H,5-7H2. The van der Waals surface area contributed by atoms with Crippen LogP contribution in [-0.2, 0) is 19.6 Å². The van der Waals surface area contributed by atoms with Crippen LogP contribution in [0.15, 0.2) is 24.3 Å². The Labute approximate surface area is 103 Å². The number of nitrogens with zero attached hydrogens (tertiary/aromatic N) is 3. The predicted octanol–water partition coefficient (Wildman–Crippen LogP) is 2.71. The summed E-state index contributed by atoms with van der Waals surface area (Å²) in [4.78, 5) is 2.33. The van der Waals surface area contributed by atoms with Gasteiger partial charge < -0.3 is 0 Å². The molecule has 0 saturated heterocycles. The third-order valence-corrected chi connectivity index (χ3v) is 3.77. The lowest BCUT2D eigenvalue weighted by Crippen LogP contribution is -2.16. The van der Waals surface area contributed by atoms with Crippen LogP contribution in [0.5, 0.6) is 0 Å². The third-order valence-electron chi connectivity index (χ3n) is 2.79. The molecule has 0 radical (unpaired) electrons. The Kier molecular flexibility index (Phi) is 2.63. The van der Waals surface area contributed by atoms with Gasteiger partial charge in [0, 0.05) is 31.2 Å². The number of hydrogen-bond acceptors (Lipinski definition) is 4. The summed E-state index contributed by atoms with van der Waals surface area (Å²) in [5, 5.41) is 4.04.